The van der Waals surface area contributed by atoms with Gasteiger partial charge in [0.1, 0.15) is 17.2 Å². The number of aliphatic hydroxyl groups is 1. The zero-order valence-corrected chi connectivity index (χ0v) is 13.2. The molecule has 2 aromatic rings. The van der Waals surface area contributed by atoms with Crippen LogP contribution in [0.5, 0.6) is 0 Å². The van der Waals surface area contributed by atoms with Gasteiger partial charge in [-0.3, -0.25) is 9.59 Å². The van der Waals surface area contributed by atoms with E-state index in [1.807, 2.05) is 6.26 Å². The summed E-state index contributed by atoms with van der Waals surface area (Å²) in [6, 6.07) is 1.04. The van der Waals surface area contributed by atoms with Crippen LogP contribution in [0.3, 0.4) is 0 Å². The van der Waals surface area contributed by atoms with Gasteiger partial charge >= 0.3 is 0 Å². The third-order valence-corrected chi connectivity index (χ3v) is 4.02. The Bertz CT molecular complexity index is 779. The molecule has 5 nitrogen and oxygen atoms in total. The molecule has 8 heteroatoms. The van der Waals surface area contributed by atoms with Crippen molar-refractivity contribution < 1.29 is 18.7 Å². The van der Waals surface area contributed by atoms with Crippen LogP contribution in [-0.2, 0) is 0 Å². The zero-order valence-electron chi connectivity index (χ0n) is 12.4. The van der Waals surface area contributed by atoms with Crippen LogP contribution < -0.4 is 10.7 Å². The zero-order chi connectivity index (χ0) is 17.0. The van der Waals surface area contributed by atoms with E-state index in [0.717, 1.165) is 18.0 Å². The van der Waals surface area contributed by atoms with Gasteiger partial charge in [0.05, 0.1) is 23.6 Å². The summed E-state index contributed by atoms with van der Waals surface area (Å²) in [5, 5.41) is 11.6. The van der Waals surface area contributed by atoms with Gasteiger partial charge in [-0.05, 0) is 24.5 Å². The molecule has 3 N–H and O–H groups in total. The molecule has 1 aromatic carbocycles. The first kappa shape index (κ1) is 17.4. The van der Waals surface area contributed by atoms with Gasteiger partial charge in [-0.1, -0.05) is 0 Å². The minimum Gasteiger partial charge on any atom is -0.394 e. The average molecular weight is 342 g/mol. The predicted octanol–water partition coefficient (Wildman–Crippen LogP) is 1.65. The molecule has 2 rings (SSSR count). The Morgan fingerprint density at radius 1 is 1.43 bits per heavy atom. The highest BCUT2D eigenvalue weighted by atomic mass is 32.2. The number of hydrogen-bond donors (Lipinski definition) is 3. The normalized spacial score (nSPS) is 12.3. The number of aliphatic hydroxyl groups excluding tert-OH is 1. The van der Waals surface area contributed by atoms with Gasteiger partial charge in [-0.15, -0.1) is 0 Å². The maximum absolute atomic E-state index is 13.6. The monoisotopic (exact) mass is 342 g/mol. The summed E-state index contributed by atoms with van der Waals surface area (Å²) < 4.78 is 26.9. The Morgan fingerprint density at radius 3 is 2.83 bits per heavy atom. The predicted molar refractivity (Wildman–Crippen MR) is 85.8 cm³/mol. The van der Waals surface area contributed by atoms with Crippen LogP contribution in [0.4, 0.5) is 8.78 Å². The smallest absolute Gasteiger partial charge is 0.257 e. The van der Waals surface area contributed by atoms with Crippen LogP contribution in [0.25, 0.3) is 10.9 Å². The molecule has 0 spiro atoms. The Balaban J connectivity index is 2.34. The van der Waals surface area contributed by atoms with Gasteiger partial charge in [0.15, 0.2) is 0 Å². The molecule has 1 amide bonds. The van der Waals surface area contributed by atoms with Gasteiger partial charge in [-0.2, -0.15) is 11.8 Å². The number of carbonyl (C=O) groups excluding carboxylic acids is 1. The van der Waals surface area contributed by atoms with Gasteiger partial charge < -0.3 is 15.4 Å². The minimum absolute atomic E-state index is 0.158. The summed E-state index contributed by atoms with van der Waals surface area (Å²) in [6.45, 7) is -0.263. The molecular weight excluding hydrogens is 326 g/mol. The number of aromatic nitrogens is 1. The molecule has 23 heavy (non-hydrogen) atoms. The first-order valence-electron chi connectivity index (χ1n) is 6.89. The SMILES string of the molecule is CSCCC(CO)NC(=O)c1c[nH]c2c(F)cc(F)cc2c1=O. The van der Waals surface area contributed by atoms with Crippen LogP contribution in [-0.4, -0.2) is 40.7 Å². The van der Waals surface area contributed by atoms with Crippen LogP contribution in [0, 0.1) is 11.6 Å². The van der Waals surface area contributed by atoms with Crippen LogP contribution in [0.2, 0.25) is 0 Å². The molecule has 124 valence electrons. The molecule has 0 saturated carbocycles. The molecule has 0 fully saturated rings. The number of halogens is 2. The molecule has 0 aliphatic heterocycles. The number of fused-ring (bicyclic) bond motifs is 1. The van der Waals surface area contributed by atoms with Crippen molar-refractivity contribution in [1.29, 1.82) is 0 Å². The number of pyridine rings is 1. The number of rotatable bonds is 6. The van der Waals surface area contributed by atoms with Gasteiger partial charge in [-0.25, -0.2) is 8.78 Å². The summed E-state index contributed by atoms with van der Waals surface area (Å²) in [7, 11) is 0. The van der Waals surface area contributed by atoms with E-state index in [-0.39, 0.29) is 23.1 Å². The van der Waals surface area contributed by atoms with E-state index in [1.165, 1.54) is 0 Å². The molecule has 0 saturated heterocycles. The summed E-state index contributed by atoms with van der Waals surface area (Å²) in [4.78, 5) is 27.0. The number of thioether (sulfide) groups is 1. The molecule has 1 aromatic heterocycles. The Labute approximate surface area is 135 Å². The van der Waals surface area contributed by atoms with Crippen LogP contribution in [0.15, 0.2) is 23.1 Å². The second-order valence-electron chi connectivity index (χ2n) is 4.98. The molecule has 1 unspecified atom stereocenters. The van der Waals surface area contributed by atoms with Gasteiger partial charge in [0.25, 0.3) is 5.91 Å². The Hall–Kier alpha value is -1.93. The van der Waals surface area contributed by atoms with Crippen molar-refractivity contribution in [3.05, 3.63) is 45.8 Å². The van der Waals surface area contributed by atoms with Crippen molar-refractivity contribution in [2.45, 2.75) is 12.5 Å². The highest BCUT2D eigenvalue weighted by molar-refractivity contribution is 7.98. The molecular formula is C15H16F2N2O3S. The fourth-order valence-corrected chi connectivity index (χ4v) is 2.68. The number of amides is 1. The van der Waals surface area contributed by atoms with Gasteiger partial charge in [0, 0.05) is 12.3 Å². The number of hydrogen-bond acceptors (Lipinski definition) is 4. The van der Waals surface area contributed by atoms with Crippen molar-refractivity contribution in [1.82, 2.24) is 10.3 Å². The van der Waals surface area contributed by atoms with E-state index in [9.17, 15) is 23.5 Å². The van der Waals surface area contributed by atoms with Gasteiger partial charge in [0.2, 0.25) is 5.43 Å². The molecule has 1 heterocycles. The van der Waals surface area contributed by atoms with E-state index in [2.05, 4.69) is 10.3 Å². The second-order valence-corrected chi connectivity index (χ2v) is 5.96. The number of nitrogens with one attached hydrogen (secondary N) is 2. The number of H-pyrrole nitrogens is 1. The first-order chi connectivity index (χ1) is 11.0. The Kier molecular flexibility index (Phi) is 5.73. The topological polar surface area (TPSA) is 82.2 Å². The summed E-state index contributed by atoms with van der Waals surface area (Å²) in [5.74, 6) is -1.77. The van der Waals surface area contributed by atoms with E-state index in [4.69, 9.17) is 0 Å². The molecule has 0 aliphatic rings. The van der Waals surface area contributed by atoms with Crippen molar-refractivity contribution >= 4 is 28.6 Å². The first-order valence-corrected chi connectivity index (χ1v) is 8.28. The molecule has 0 bridgehead atoms. The number of carbonyl (C=O) groups is 1. The van der Waals surface area contributed by atoms with E-state index >= 15 is 0 Å². The van der Waals surface area contributed by atoms with Crippen molar-refractivity contribution in [3.8, 4) is 0 Å². The second kappa shape index (κ2) is 7.56. The summed E-state index contributed by atoms with van der Waals surface area (Å²) in [6.07, 6.45) is 3.52. The fraction of sp³-hybridized carbons (Fsp3) is 0.333. The van der Waals surface area contributed by atoms with E-state index < -0.39 is 29.0 Å². The lowest BCUT2D eigenvalue weighted by atomic mass is 10.1. The molecule has 1 atom stereocenters. The summed E-state index contributed by atoms with van der Waals surface area (Å²) in [5.41, 5.74) is -1.18. The maximum atomic E-state index is 13.6. The number of aromatic amines is 1. The highest BCUT2D eigenvalue weighted by Gasteiger charge is 2.18. The standard InChI is InChI=1S/C15H16F2N2O3S/c1-23-3-2-9(7-20)19-15(22)11-6-18-13-10(14(11)21)4-8(16)5-12(13)17/h4-6,9,20H,2-3,7H2,1H3,(H,18,21)(H,19,22). The quantitative estimate of drug-likeness (QED) is 0.745. The minimum atomic E-state index is -0.905. The van der Waals surface area contributed by atoms with E-state index in [0.29, 0.717) is 12.5 Å². The Morgan fingerprint density at radius 2 is 2.17 bits per heavy atom. The third kappa shape index (κ3) is 3.89. The maximum Gasteiger partial charge on any atom is 0.257 e. The molecule has 0 aliphatic carbocycles. The van der Waals surface area contributed by atoms with Crippen LogP contribution >= 0.6 is 11.8 Å². The highest BCUT2D eigenvalue weighted by Crippen LogP contribution is 2.15. The fourth-order valence-electron chi connectivity index (χ4n) is 2.16. The third-order valence-electron chi connectivity index (χ3n) is 3.38. The van der Waals surface area contributed by atoms with Crippen molar-refractivity contribution in [2.75, 3.05) is 18.6 Å². The van der Waals surface area contributed by atoms with Crippen molar-refractivity contribution in [3.63, 3.8) is 0 Å². The lowest BCUT2D eigenvalue weighted by Gasteiger charge is -2.15. The van der Waals surface area contributed by atoms with Crippen LogP contribution in [0.1, 0.15) is 16.8 Å². The lowest BCUT2D eigenvalue weighted by molar-refractivity contribution is 0.0914. The average Bonchev–Trinajstić information content (AvgIpc) is 2.52. The lowest BCUT2D eigenvalue weighted by Crippen LogP contribution is -2.40. The largest absolute Gasteiger partial charge is 0.394 e. The number of benzene rings is 1. The molecule has 0 radical (unpaired) electrons. The van der Waals surface area contributed by atoms with E-state index in [1.54, 1.807) is 11.8 Å². The van der Waals surface area contributed by atoms with Crippen molar-refractivity contribution in [2.24, 2.45) is 0 Å². The summed E-state index contributed by atoms with van der Waals surface area (Å²) >= 11 is 1.56.